The molecule has 1 fully saturated rings. The second kappa shape index (κ2) is 6.40. The van der Waals surface area contributed by atoms with Gasteiger partial charge in [-0.25, -0.2) is 0 Å². The lowest BCUT2D eigenvalue weighted by molar-refractivity contribution is 0.258. The van der Waals surface area contributed by atoms with Gasteiger partial charge in [0, 0.05) is 24.8 Å². The van der Waals surface area contributed by atoms with Crippen LogP contribution in [0.25, 0.3) is 0 Å². The van der Waals surface area contributed by atoms with E-state index >= 15 is 0 Å². The molecule has 0 amide bonds. The van der Waals surface area contributed by atoms with Gasteiger partial charge in [-0.2, -0.15) is 0 Å². The van der Waals surface area contributed by atoms with Crippen molar-refractivity contribution in [3.05, 3.63) is 29.3 Å². The number of likely N-dealkylation sites (N-methyl/N-ethyl adjacent to an activating group) is 1. The predicted octanol–water partition coefficient (Wildman–Crippen LogP) is 2.03. The van der Waals surface area contributed by atoms with Crippen molar-refractivity contribution in [2.24, 2.45) is 5.73 Å². The van der Waals surface area contributed by atoms with Crippen LogP contribution >= 0.6 is 0 Å². The van der Waals surface area contributed by atoms with Crippen LogP contribution in [0.2, 0.25) is 0 Å². The third kappa shape index (κ3) is 3.48. The maximum atomic E-state index is 5.65. The van der Waals surface area contributed by atoms with Gasteiger partial charge < -0.3 is 15.5 Å². The van der Waals surface area contributed by atoms with E-state index in [1.807, 2.05) is 0 Å². The summed E-state index contributed by atoms with van der Waals surface area (Å²) < 4.78 is 0. The standard InChI is InChI=1S/C16H27N3/c1-13-11-15(7-6-14(13)8-9-17)19-10-4-5-16(12-19)18(2)3/h6-7,11,16H,4-5,8-10,12,17H2,1-3H3. The van der Waals surface area contributed by atoms with Crippen LogP contribution in [0.4, 0.5) is 5.69 Å². The summed E-state index contributed by atoms with van der Waals surface area (Å²) in [5.41, 5.74) is 9.76. The first-order valence-electron chi connectivity index (χ1n) is 7.33. The lowest BCUT2D eigenvalue weighted by Crippen LogP contribution is -2.45. The monoisotopic (exact) mass is 261 g/mol. The first-order chi connectivity index (χ1) is 9.11. The molecule has 3 nitrogen and oxygen atoms in total. The van der Waals surface area contributed by atoms with Gasteiger partial charge >= 0.3 is 0 Å². The molecule has 19 heavy (non-hydrogen) atoms. The van der Waals surface area contributed by atoms with Crippen molar-refractivity contribution in [2.75, 3.05) is 38.6 Å². The number of rotatable bonds is 4. The van der Waals surface area contributed by atoms with Crippen molar-refractivity contribution < 1.29 is 0 Å². The number of benzene rings is 1. The zero-order valence-corrected chi connectivity index (χ0v) is 12.5. The van der Waals surface area contributed by atoms with E-state index in [0.717, 1.165) is 19.5 Å². The minimum Gasteiger partial charge on any atom is -0.370 e. The highest BCUT2D eigenvalue weighted by atomic mass is 15.2. The van der Waals surface area contributed by atoms with Crippen LogP contribution in [0.5, 0.6) is 0 Å². The largest absolute Gasteiger partial charge is 0.370 e. The fourth-order valence-corrected chi connectivity index (χ4v) is 2.92. The molecule has 1 saturated heterocycles. The molecule has 3 heteroatoms. The molecule has 2 rings (SSSR count). The maximum Gasteiger partial charge on any atom is 0.0369 e. The Bertz CT molecular complexity index is 414. The topological polar surface area (TPSA) is 32.5 Å². The summed E-state index contributed by atoms with van der Waals surface area (Å²) in [5.74, 6) is 0. The van der Waals surface area contributed by atoms with Gasteiger partial charge in [-0.05, 0) is 70.1 Å². The molecule has 0 radical (unpaired) electrons. The molecular formula is C16H27N3. The van der Waals surface area contributed by atoms with Crippen molar-refractivity contribution in [3.63, 3.8) is 0 Å². The highest BCUT2D eigenvalue weighted by Crippen LogP contribution is 2.24. The summed E-state index contributed by atoms with van der Waals surface area (Å²) in [4.78, 5) is 4.87. The molecule has 0 aliphatic carbocycles. The Kier molecular flexibility index (Phi) is 4.83. The van der Waals surface area contributed by atoms with E-state index in [9.17, 15) is 0 Å². The second-order valence-electron chi connectivity index (χ2n) is 5.86. The molecule has 0 saturated carbocycles. The minimum absolute atomic E-state index is 0.678. The van der Waals surface area contributed by atoms with Gasteiger partial charge in [-0.15, -0.1) is 0 Å². The van der Waals surface area contributed by atoms with Crippen LogP contribution in [0.15, 0.2) is 18.2 Å². The molecule has 1 aromatic rings. The van der Waals surface area contributed by atoms with Crippen molar-refractivity contribution in [2.45, 2.75) is 32.2 Å². The molecule has 1 atom stereocenters. The van der Waals surface area contributed by atoms with Gasteiger partial charge in [0.05, 0.1) is 0 Å². The Balaban J connectivity index is 2.11. The van der Waals surface area contributed by atoms with Gasteiger partial charge in [-0.1, -0.05) is 6.07 Å². The first kappa shape index (κ1) is 14.4. The number of hydrogen-bond acceptors (Lipinski definition) is 3. The number of anilines is 1. The third-order valence-electron chi connectivity index (χ3n) is 4.23. The molecule has 1 aromatic carbocycles. The van der Waals surface area contributed by atoms with Crippen LogP contribution in [-0.2, 0) is 6.42 Å². The predicted molar refractivity (Wildman–Crippen MR) is 82.9 cm³/mol. The molecule has 1 unspecified atom stereocenters. The summed E-state index contributed by atoms with van der Waals surface area (Å²) >= 11 is 0. The van der Waals surface area contributed by atoms with E-state index < -0.39 is 0 Å². The molecule has 0 aromatic heterocycles. The van der Waals surface area contributed by atoms with Gasteiger partial charge in [0.2, 0.25) is 0 Å². The van der Waals surface area contributed by atoms with Crippen molar-refractivity contribution in [3.8, 4) is 0 Å². The number of aryl methyl sites for hydroxylation is 1. The molecule has 1 heterocycles. The molecule has 1 aliphatic heterocycles. The molecule has 0 bridgehead atoms. The molecule has 1 aliphatic rings. The van der Waals surface area contributed by atoms with Crippen molar-refractivity contribution >= 4 is 5.69 Å². The van der Waals surface area contributed by atoms with Gasteiger partial charge in [0.25, 0.3) is 0 Å². The zero-order chi connectivity index (χ0) is 13.8. The fourth-order valence-electron chi connectivity index (χ4n) is 2.92. The van der Waals surface area contributed by atoms with Gasteiger partial charge in [0.1, 0.15) is 0 Å². The van der Waals surface area contributed by atoms with E-state index in [1.165, 1.54) is 36.2 Å². The smallest absolute Gasteiger partial charge is 0.0369 e. The first-order valence-corrected chi connectivity index (χ1v) is 7.33. The SMILES string of the molecule is Cc1cc(N2CCCC(N(C)C)C2)ccc1CCN. The van der Waals surface area contributed by atoms with E-state index in [2.05, 4.69) is 49.0 Å². The molecular weight excluding hydrogens is 234 g/mol. The van der Waals surface area contributed by atoms with Crippen LogP contribution in [0.3, 0.4) is 0 Å². The highest BCUT2D eigenvalue weighted by molar-refractivity contribution is 5.51. The van der Waals surface area contributed by atoms with Crippen LogP contribution in [0, 0.1) is 6.92 Å². The quantitative estimate of drug-likeness (QED) is 0.900. The van der Waals surface area contributed by atoms with Crippen molar-refractivity contribution in [1.82, 2.24) is 4.90 Å². The summed E-state index contributed by atoms with van der Waals surface area (Å²) in [5, 5.41) is 0. The molecule has 2 N–H and O–H groups in total. The fraction of sp³-hybridized carbons (Fsp3) is 0.625. The Morgan fingerprint density at radius 2 is 2.16 bits per heavy atom. The Hall–Kier alpha value is -1.06. The summed E-state index contributed by atoms with van der Waals surface area (Å²) in [6.07, 6.45) is 3.58. The number of nitrogens with two attached hydrogens (primary N) is 1. The minimum atomic E-state index is 0.678. The lowest BCUT2D eigenvalue weighted by atomic mass is 10.0. The summed E-state index contributed by atoms with van der Waals surface area (Å²) in [6, 6.07) is 7.51. The van der Waals surface area contributed by atoms with Crippen LogP contribution in [-0.4, -0.2) is 44.7 Å². The van der Waals surface area contributed by atoms with Crippen LogP contribution < -0.4 is 10.6 Å². The van der Waals surface area contributed by atoms with E-state index in [0.29, 0.717) is 6.04 Å². The molecule has 106 valence electrons. The Morgan fingerprint density at radius 1 is 1.37 bits per heavy atom. The number of hydrogen-bond donors (Lipinski definition) is 1. The second-order valence-corrected chi connectivity index (χ2v) is 5.86. The number of nitrogens with zero attached hydrogens (tertiary/aromatic N) is 2. The number of piperidine rings is 1. The van der Waals surface area contributed by atoms with Crippen molar-refractivity contribution in [1.29, 1.82) is 0 Å². The van der Waals surface area contributed by atoms with E-state index in [1.54, 1.807) is 0 Å². The Labute approximate surface area is 117 Å². The highest BCUT2D eigenvalue weighted by Gasteiger charge is 2.21. The van der Waals surface area contributed by atoms with E-state index in [-0.39, 0.29) is 0 Å². The zero-order valence-electron chi connectivity index (χ0n) is 12.5. The lowest BCUT2D eigenvalue weighted by Gasteiger charge is -2.37. The van der Waals surface area contributed by atoms with E-state index in [4.69, 9.17) is 5.73 Å². The summed E-state index contributed by atoms with van der Waals surface area (Å²) in [6.45, 7) is 5.25. The normalized spacial score (nSPS) is 20.1. The average molecular weight is 261 g/mol. The molecule has 0 spiro atoms. The summed E-state index contributed by atoms with van der Waals surface area (Å²) in [7, 11) is 4.37. The van der Waals surface area contributed by atoms with Gasteiger partial charge in [-0.3, -0.25) is 0 Å². The van der Waals surface area contributed by atoms with Crippen LogP contribution in [0.1, 0.15) is 24.0 Å². The Morgan fingerprint density at radius 3 is 2.79 bits per heavy atom. The van der Waals surface area contributed by atoms with Gasteiger partial charge in [0.15, 0.2) is 0 Å². The maximum absolute atomic E-state index is 5.65. The average Bonchev–Trinajstić information content (AvgIpc) is 2.41. The third-order valence-corrected chi connectivity index (χ3v) is 4.23.